The van der Waals surface area contributed by atoms with Crippen LogP contribution in [0.25, 0.3) is 10.9 Å². The number of aromatic nitrogens is 1. The smallest absolute Gasteiger partial charge is 0.228 e. The van der Waals surface area contributed by atoms with Gasteiger partial charge in [-0.15, -0.1) is 0 Å². The van der Waals surface area contributed by atoms with Gasteiger partial charge in [-0.25, -0.2) is 4.39 Å². The maximum atomic E-state index is 15.5. The number of fused-ring (bicyclic) bond motifs is 1. The Labute approximate surface area is 239 Å². The Morgan fingerprint density at radius 3 is 2.37 bits per heavy atom. The van der Waals surface area contributed by atoms with Gasteiger partial charge in [0.2, 0.25) is 11.3 Å². The van der Waals surface area contributed by atoms with E-state index in [-0.39, 0.29) is 23.4 Å². The lowest BCUT2D eigenvalue weighted by Gasteiger charge is -2.34. The van der Waals surface area contributed by atoms with Gasteiger partial charge in [-0.05, 0) is 65.0 Å². The molecule has 1 aliphatic rings. The van der Waals surface area contributed by atoms with Crippen LogP contribution in [0.15, 0.2) is 71.5 Å². The number of hydrogen-bond acceptors (Lipinski definition) is 4. The van der Waals surface area contributed by atoms with Crippen molar-refractivity contribution in [3.05, 3.63) is 103 Å². The van der Waals surface area contributed by atoms with Crippen molar-refractivity contribution in [2.75, 3.05) is 43.4 Å². The van der Waals surface area contributed by atoms with Crippen LogP contribution < -0.4 is 15.6 Å². The first kappa shape index (κ1) is 26.6. The van der Waals surface area contributed by atoms with Gasteiger partial charge in [-0.3, -0.25) is 9.59 Å². The third-order valence-electron chi connectivity index (χ3n) is 6.84. The van der Waals surface area contributed by atoms with E-state index in [1.807, 2.05) is 71.1 Å². The second kappa shape index (κ2) is 11.4. The number of anilines is 2. The molecule has 6 nitrogen and oxygen atoms in total. The van der Waals surface area contributed by atoms with Crippen molar-refractivity contribution in [2.45, 2.75) is 13.0 Å². The van der Waals surface area contributed by atoms with Crippen LogP contribution >= 0.6 is 34.2 Å². The lowest BCUT2D eigenvalue weighted by Crippen LogP contribution is -2.44. The average Bonchev–Trinajstić information content (AvgIpc) is 2.91. The number of piperazine rings is 1. The van der Waals surface area contributed by atoms with E-state index in [9.17, 15) is 9.59 Å². The van der Waals surface area contributed by atoms with E-state index in [0.717, 1.165) is 24.2 Å². The molecule has 2 heterocycles. The highest BCUT2D eigenvalue weighted by Gasteiger charge is 2.23. The number of rotatable bonds is 6. The van der Waals surface area contributed by atoms with Gasteiger partial charge in [-0.2, -0.15) is 0 Å². The zero-order chi connectivity index (χ0) is 26.8. The Bertz CT molecular complexity index is 1530. The lowest BCUT2D eigenvalue weighted by atomic mass is 10.1. The fourth-order valence-electron chi connectivity index (χ4n) is 4.71. The third-order valence-corrected chi connectivity index (χ3v) is 8.21. The molecule has 3 aromatic carbocycles. The van der Waals surface area contributed by atoms with E-state index < -0.39 is 11.2 Å². The summed E-state index contributed by atoms with van der Waals surface area (Å²) >= 11 is 8.20. The topological polar surface area (TPSA) is 57.6 Å². The molecular formula is C29H27ClFIN4O2. The van der Waals surface area contributed by atoms with Crippen LogP contribution in [0.5, 0.6) is 0 Å². The van der Waals surface area contributed by atoms with E-state index in [0.29, 0.717) is 39.6 Å². The lowest BCUT2D eigenvalue weighted by molar-refractivity contribution is -0.115. The van der Waals surface area contributed by atoms with Crippen molar-refractivity contribution in [2.24, 2.45) is 0 Å². The minimum atomic E-state index is -0.444. The van der Waals surface area contributed by atoms with Gasteiger partial charge in [-0.1, -0.05) is 54.1 Å². The number of pyridine rings is 1. The summed E-state index contributed by atoms with van der Waals surface area (Å²) in [6.45, 7) is 3.48. The van der Waals surface area contributed by atoms with Crippen molar-refractivity contribution in [1.82, 2.24) is 9.47 Å². The van der Waals surface area contributed by atoms with Gasteiger partial charge in [0.05, 0.1) is 23.0 Å². The Kier molecular flexibility index (Phi) is 8.01. The van der Waals surface area contributed by atoms with Crippen molar-refractivity contribution in [1.29, 1.82) is 0 Å². The highest BCUT2D eigenvalue weighted by Crippen LogP contribution is 2.30. The maximum absolute atomic E-state index is 15.5. The summed E-state index contributed by atoms with van der Waals surface area (Å²) < 4.78 is 18.0. The Hall–Kier alpha value is -2.95. The van der Waals surface area contributed by atoms with E-state index in [2.05, 4.69) is 32.8 Å². The summed E-state index contributed by atoms with van der Waals surface area (Å²) in [4.78, 5) is 30.8. The van der Waals surface area contributed by atoms with Crippen LogP contribution in [0.4, 0.5) is 15.8 Å². The molecule has 0 atom stereocenters. The number of hydrogen-bond donors (Lipinski definition) is 1. The number of halogens is 3. The SMILES string of the molecule is CN1CCN(c2cc3c(cc2F)c(=O)c(NC(=O)Cc2ccccc2)c(I)n3Cc2ccc(Cl)cc2)CC1. The molecule has 0 radical (unpaired) electrons. The first-order valence-electron chi connectivity index (χ1n) is 12.4. The van der Waals surface area contributed by atoms with Gasteiger partial charge in [0, 0.05) is 37.7 Å². The van der Waals surface area contributed by atoms with Crippen LogP contribution in [-0.2, 0) is 17.8 Å². The molecular weight excluding hydrogens is 618 g/mol. The Morgan fingerprint density at radius 2 is 1.68 bits per heavy atom. The van der Waals surface area contributed by atoms with Gasteiger partial charge >= 0.3 is 0 Å². The molecule has 1 aromatic heterocycles. The minimum Gasteiger partial charge on any atom is -0.367 e. The minimum absolute atomic E-state index is 0.127. The Morgan fingerprint density at radius 1 is 1.00 bits per heavy atom. The molecule has 1 aliphatic heterocycles. The zero-order valence-electron chi connectivity index (χ0n) is 20.9. The highest BCUT2D eigenvalue weighted by atomic mass is 127. The molecule has 196 valence electrons. The maximum Gasteiger partial charge on any atom is 0.228 e. The predicted molar refractivity (Wildman–Crippen MR) is 160 cm³/mol. The predicted octanol–water partition coefficient (Wildman–Crippen LogP) is 5.38. The molecule has 5 rings (SSSR count). The number of likely N-dealkylation sites (N-methyl/N-ethyl adjacent to an activating group) is 1. The molecule has 0 aliphatic carbocycles. The average molecular weight is 645 g/mol. The van der Waals surface area contributed by atoms with Crippen molar-refractivity contribution < 1.29 is 9.18 Å². The molecule has 0 saturated carbocycles. The fraction of sp³-hybridized carbons (Fsp3) is 0.241. The van der Waals surface area contributed by atoms with E-state index >= 15 is 4.39 Å². The van der Waals surface area contributed by atoms with Crippen molar-refractivity contribution >= 4 is 62.4 Å². The molecule has 0 unspecified atom stereocenters. The number of nitrogens with one attached hydrogen (secondary N) is 1. The summed E-state index contributed by atoms with van der Waals surface area (Å²) in [6, 6.07) is 19.9. The van der Waals surface area contributed by atoms with Crippen LogP contribution in [0, 0.1) is 9.52 Å². The molecule has 38 heavy (non-hydrogen) atoms. The monoisotopic (exact) mass is 644 g/mol. The van der Waals surface area contributed by atoms with Crippen LogP contribution in [0.3, 0.4) is 0 Å². The van der Waals surface area contributed by atoms with E-state index in [4.69, 9.17) is 11.6 Å². The van der Waals surface area contributed by atoms with Crippen LogP contribution in [0.2, 0.25) is 5.02 Å². The molecule has 9 heteroatoms. The molecule has 1 saturated heterocycles. The van der Waals surface area contributed by atoms with Gasteiger partial charge < -0.3 is 19.7 Å². The molecule has 0 bridgehead atoms. The van der Waals surface area contributed by atoms with Crippen LogP contribution in [-0.4, -0.2) is 48.6 Å². The highest BCUT2D eigenvalue weighted by molar-refractivity contribution is 14.1. The first-order valence-corrected chi connectivity index (χ1v) is 13.8. The largest absolute Gasteiger partial charge is 0.367 e. The quantitative estimate of drug-likeness (QED) is 0.226. The summed E-state index contributed by atoms with van der Waals surface area (Å²) in [5.41, 5.74) is 2.65. The second-order valence-electron chi connectivity index (χ2n) is 9.53. The van der Waals surface area contributed by atoms with Gasteiger partial charge in [0.1, 0.15) is 15.2 Å². The zero-order valence-corrected chi connectivity index (χ0v) is 23.8. The number of carbonyl (C=O) groups is 1. The van der Waals surface area contributed by atoms with Crippen molar-refractivity contribution in [3.63, 3.8) is 0 Å². The van der Waals surface area contributed by atoms with E-state index in [1.54, 1.807) is 6.07 Å². The summed E-state index contributed by atoms with van der Waals surface area (Å²) in [5.74, 6) is -0.752. The summed E-state index contributed by atoms with van der Waals surface area (Å²) in [5, 5.41) is 3.67. The number of nitrogens with zero attached hydrogens (tertiary/aromatic N) is 3. The summed E-state index contributed by atoms with van der Waals surface area (Å²) in [6.07, 6.45) is 0.127. The van der Waals surface area contributed by atoms with Crippen molar-refractivity contribution in [3.8, 4) is 0 Å². The first-order chi connectivity index (χ1) is 18.3. The number of amides is 1. The summed E-state index contributed by atoms with van der Waals surface area (Å²) in [7, 11) is 2.05. The standard InChI is InChI=1S/C29H27ClFIN4O2/c1-34-11-13-35(14-12-34)25-17-24-22(16-23(25)31)28(38)27(33-26(37)15-19-5-3-2-4-6-19)29(32)36(24)18-20-7-9-21(30)10-8-20/h2-10,16-17H,11-15,18H2,1H3,(H,33,37). The second-order valence-corrected chi connectivity index (χ2v) is 11.0. The molecule has 4 aromatic rings. The number of carbonyl (C=O) groups excluding carboxylic acids is 1. The van der Waals surface area contributed by atoms with E-state index in [1.165, 1.54) is 6.07 Å². The van der Waals surface area contributed by atoms with Gasteiger partial charge in [0.25, 0.3) is 0 Å². The van der Waals surface area contributed by atoms with Gasteiger partial charge in [0.15, 0.2) is 0 Å². The molecule has 1 fully saturated rings. The molecule has 0 spiro atoms. The molecule has 1 amide bonds. The molecule has 1 N–H and O–H groups in total. The fourth-order valence-corrected chi connectivity index (χ4v) is 5.65. The Balaban J connectivity index is 1.61. The van der Waals surface area contributed by atoms with Crippen LogP contribution in [0.1, 0.15) is 11.1 Å². The normalized spacial score (nSPS) is 14.2. The third kappa shape index (κ3) is 5.72. The number of benzene rings is 3.